The Morgan fingerprint density at radius 3 is 2.77 bits per heavy atom. The summed E-state index contributed by atoms with van der Waals surface area (Å²) in [6.07, 6.45) is 13.3. The van der Waals surface area contributed by atoms with Crippen LogP contribution < -0.4 is 0 Å². The number of pyridine rings is 3. The van der Waals surface area contributed by atoms with E-state index in [-0.39, 0.29) is 0 Å². The molecule has 1 aliphatic rings. The Morgan fingerprint density at radius 2 is 1.89 bits per heavy atom. The minimum atomic E-state index is 0.638. The summed E-state index contributed by atoms with van der Waals surface area (Å²) >= 11 is 0. The lowest BCUT2D eigenvalue weighted by atomic mass is 10.1. The zero-order valence-electron chi connectivity index (χ0n) is 18.9. The molecule has 0 atom stereocenters. The van der Waals surface area contributed by atoms with E-state index in [1.54, 1.807) is 18.7 Å². The molecule has 6 aromatic heterocycles. The van der Waals surface area contributed by atoms with Crippen LogP contribution in [0.15, 0.2) is 66.0 Å². The van der Waals surface area contributed by atoms with Crippen molar-refractivity contribution in [2.24, 2.45) is 0 Å². The van der Waals surface area contributed by atoms with Gasteiger partial charge in [0.2, 0.25) is 0 Å². The van der Waals surface area contributed by atoms with E-state index in [2.05, 4.69) is 47.2 Å². The van der Waals surface area contributed by atoms with Gasteiger partial charge in [0.15, 0.2) is 11.5 Å². The minimum Gasteiger partial charge on any atom is -0.472 e. The third-order valence-corrected chi connectivity index (χ3v) is 6.58. The van der Waals surface area contributed by atoms with Crippen molar-refractivity contribution in [3.63, 3.8) is 0 Å². The summed E-state index contributed by atoms with van der Waals surface area (Å²) < 4.78 is 5.24. The number of nitrogens with zero attached hydrogens (tertiary/aromatic N) is 6. The molecule has 0 aliphatic carbocycles. The van der Waals surface area contributed by atoms with Crippen molar-refractivity contribution in [2.45, 2.75) is 19.4 Å². The molecule has 1 aliphatic heterocycles. The molecular weight excluding hydrogens is 440 g/mol. The highest BCUT2D eigenvalue weighted by Gasteiger charge is 2.17. The van der Waals surface area contributed by atoms with Crippen LogP contribution in [0.3, 0.4) is 0 Å². The smallest absolute Gasteiger partial charge is 0.181 e. The van der Waals surface area contributed by atoms with Crippen LogP contribution in [0.2, 0.25) is 0 Å². The van der Waals surface area contributed by atoms with E-state index in [0.29, 0.717) is 11.5 Å². The molecule has 1 fully saturated rings. The summed E-state index contributed by atoms with van der Waals surface area (Å²) in [5.41, 5.74) is 7.98. The van der Waals surface area contributed by atoms with Gasteiger partial charge in [0.1, 0.15) is 16.9 Å². The van der Waals surface area contributed by atoms with Crippen LogP contribution >= 0.6 is 0 Å². The number of likely N-dealkylation sites (tertiary alicyclic amines) is 1. The van der Waals surface area contributed by atoms with Gasteiger partial charge in [-0.25, -0.2) is 9.97 Å². The van der Waals surface area contributed by atoms with Crippen molar-refractivity contribution < 1.29 is 4.42 Å². The number of aromatic nitrogens is 7. The largest absolute Gasteiger partial charge is 0.472 e. The second-order valence-corrected chi connectivity index (χ2v) is 8.91. The molecule has 0 aromatic carbocycles. The van der Waals surface area contributed by atoms with Gasteiger partial charge in [0.05, 0.1) is 23.4 Å². The first kappa shape index (κ1) is 20.0. The van der Waals surface area contributed by atoms with Gasteiger partial charge in [0.25, 0.3) is 0 Å². The monoisotopic (exact) mass is 462 g/mol. The van der Waals surface area contributed by atoms with Gasteiger partial charge in [-0.1, -0.05) is 0 Å². The summed E-state index contributed by atoms with van der Waals surface area (Å²) in [4.78, 5) is 24.4. The fourth-order valence-electron chi connectivity index (χ4n) is 4.83. The number of hydrogen-bond donors (Lipinski definition) is 2. The van der Waals surface area contributed by atoms with Crippen LogP contribution in [-0.4, -0.2) is 53.1 Å². The van der Waals surface area contributed by atoms with Gasteiger partial charge in [-0.3, -0.25) is 20.0 Å². The molecule has 9 nitrogen and oxygen atoms in total. The number of imidazole rings is 1. The molecule has 7 rings (SSSR count). The molecular formula is C26H22N8O. The Morgan fingerprint density at radius 1 is 0.971 bits per heavy atom. The van der Waals surface area contributed by atoms with E-state index in [4.69, 9.17) is 9.40 Å². The summed E-state index contributed by atoms with van der Waals surface area (Å²) in [5.74, 6) is 0.681. The first-order valence-electron chi connectivity index (χ1n) is 11.7. The lowest BCUT2D eigenvalue weighted by Crippen LogP contribution is -2.18. The first-order valence-corrected chi connectivity index (χ1v) is 11.7. The fraction of sp³-hybridized carbons (Fsp3) is 0.192. The van der Waals surface area contributed by atoms with Crippen LogP contribution in [-0.2, 0) is 6.54 Å². The van der Waals surface area contributed by atoms with Gasteiger partial charge in [-0.15, -0.1) is 0 Å². The highest BCUT2D eigenvalue weighted by Crippen LogP contribution is 2.31. The van der Waals surface area contributed by atoms with Gasteiger partial charge >= 0.3 is 0 Å². The maximum Gasteiger partial charge on any atom is 0.181 e. The SMILES string of the molecule is c1cc2[nH]c(-c3[nH]nc4ncc(-c5cncc(CN6CCCC6)c5)cc34)nc2c(-c2ccoc2)n1. The summed E-state index contributed by atoms with van der Waals surface area (Å²) in [7, 11) is 0. The van der Waals surface area contributed by atoms with Crippen molar-refractivity contribution in [3.8, 4) is 33.9 Å². The Bertz CT molecular complexity index is 1640. The van der Waals surface area contributed by atoms with E-state index in [1.807, 2.05) is 30.7 Å². The molecule has 9 heteroatoms. The molecule has 6 aromatic rings. The van der Waals surface area contributed by atoms with E-state index < -0.39 is 0 Å². The fourth-order valence-corrected chi connectivity index (χ4v) is 4.83. The maximum absolute atomic E-state index is 5.24. The van der Waals surface area contributed by atoms with E-state index in [1.165, 1.54) is 18.4 Å². The zero-order chi connectivity index (χ0) is 23.2. The summed E-state index contributed by atoms with van der Waals surface area (Å²) in [6, 6.07) is 8.09. The van der Waals surface area contributed by atoms with Gasteiger partial charge < -0.3 is 9.40 Å². The number of rotatable bonds is 5. The minimum absolute atomic E-state index is 0.638. The molecule has 0 amide bonds. The van der Waals surface area contributed by atoms with E-state index >= 15 is 0 Å². The van der Waals surface area contributed by atoms with Crippen LogP contribution in [0, 0.1) is 0 Å². The average Bonchev–Trinajstić information content (AvgIpc) is 3.70. The zero-order valence-corrected chi connectivity index (χ0v) is 18.9. The Hall–Kier alpha value is -4.37. The summed E-state index contributed by atoms with van der Waals surface area (Å²) in [5, 5.41) is 8.42. The lowest BCUT2D eigenvalue weighted by Gasteiger charge is -2.14. The molecule has 0 radical (unpaired) electrons. The Kier molecular flexibility index (Phi) is 4.66. The van der Waals surface area contributed by atoms with Crippen molar-refractivity contribution >= 4 is 22.1 Å². The van der Waals surface area contributed by atoms with Gasteiger partial charge in [0, 0.05) is 48.0 Å². The van der Waals surface area contributed by atoms with Crippen LogP contribution in [0.4, 0.5) is 0 Å². The van der Waals surface area contributed by atoms with Gasteiger partial charge in [-0.05, 0) is 55.8 Å². The van der Waals surface area contributed by atoms with E-state index in [9.17, 15) is 0 Å². The molecule has 0 bridgehead atoms. The normalized spacial score (nSPS) is 14.4. The second kappa shape index (κ2) is 8.14. The van der Waals surface area contributed by atoms with Crippen molar-refractivity contribution in [3.05, 3.63) is 67.1 Å². The highest BCUT2D eigenvalue weighted by molar-refractivity contribution is 5.96. The Balaban J connectivity index is 1.28. The van der Waals surface area contributed by atoms with Crippen LogP contribution in [0.1, 0.15) is 18.4 Å². The van der Waals surface area contributed by atoms with Crippen molar-refractivity contribution in [1.29, 1.82) is 0 Å². The van der Waals surface area contributed by atoms with Crippen molar-refractivity contribution in [1.82, 2.24) is 40.0 Å². The topological polar surface area (TPSA) is 112 Å². The second-order valence-electron chi connectivity index (χ2n) is 8.91. The quantitative estimate of drug-likeness (QED) is 0.378. The molecule has 7 heterocycles. The average molecular weight is 463 g/mol. The highest BCUT2D eigenvalue weighted by atomic mass is 16.3. The number of fused-ring (bicyclic) bond motifs is 2. The number of H-pyrrole nitrogens is 2. The third-order valence-electron chi connectivity index (χ3n) is 6.58. The molecule has 0 spiro atoms. The summed E-state index contributed by atoms with van der Waals surface area (Å²) in [6.45, 7) is 3.25. The molecule has 0 unspecified atom stereocenters. The van der Waals surface area contributed by atoms with Crippen LogP contribution in [0.5, 0.6) is 0 Å². The van der Waals surface area contributed by atoms with Crippen LogP contribution in [0.25, 0.3) is 56.0 Å². The Labute approximate surface area is 200 Å². The lowest BCUT2D eigenvalue weighted by molar-refractivity contribution is 0.331. The molecule has 1 saturated heterocycles. The molecule has 35 heavy (non-hydrogen) atoms. The van der Waals surface area contributed by atoms with Crippen molar-refractivity contribution in [2.75, 3.05) is 13.1 Å². The standard InChI is InChI=1S/C26H22N8O/c1-2-7-34(6-1)14-16-9-18(12-27-11-16)19-10-20-23(32-33-25(20)29-13-19)26-30-21-3-5-28-22(24(21)31-26)17-4-8-35-15-17/h3-5,8-13,15H,1-2,6-7,14H2,(H,30,31)(H,29,32,33). The molecule has 2 N–H and O–H groups in total. The number of hydrogen-bond acceptors (Lipinski definition) is 7. The number of furan rings is 1. The number of aromatic amines is 2. The van der Waals surface area contributed by atoms with E-state index in [0.717, 1.165) is 64.1 Å². The molecule has 172 valence electrons. The van der Waals surface area contributed by atoms with Gasteiger partial charge in [-0.2, -0.15) is 5.10 Å². The molecule has 0 saturated carbocycles. The predicted octanol–water partition coefficient (Wildman–Crippen LogP) is 4.81. The third kappa shape index (κ3) is 3.57. The predicted molar refractivity (Wildman–Crippen MR) is 132 cm³/mol. The maximum atomic E-state index is 5.24. The first-order chi connectivity index (χ1) is 17.3. The number of nitrogens with one attached hydrogen (secondary N) is 2.